The number of hydrogen-bond acceptors (Lipinski definition) is 9. The molecule has 65 heavy (non-hydrogen) atoms. The van der Waals surface area contributed by atoms with E-state index in [2.05, 4.69) is 20.2 Å². The van der Waals surface area contributed by atoms with Crippen LogP contribution in [0.5, 0.6) is 11.5 Å². The number of aliphatic hydroxyl groups is 1. The number of ether oxygens (including phenoxy) is 1. The Labute approximate surface area is 390 Å². The van der Waals surface area contributed by atoms with Crippen LogP contribution in [0.4, 0.5) is 0 Å². The molecular weight excluding hydrogens is 867 g/mol. The SMILES string of the molecule is C[C@H]1C(=O)N[C@@H](CO)C(=O)N(C)[C@@]2(Cc3ccc(Cl)cc3)CCCN(C2)C(=O)[C@H](Cc2ccccn2)CC(=O)N1Cc1ccc(Cl)cc1Oc1ccc(-c2cnc(CN(C)C)n2C)cc1. The number of nitrogens with zero attached hydrogens (tertiary/aromatic N) is 7. The maximum Gasteiger partial charge on any atom is 0.247 e. The molecule has 0 saturated carbocycles. The van der Waals surface area contributed by atoms with E-state index in [4.69, 9.17) is 27.9 Å². The van der Waals surface area contributed by atoms with Crippen LogP contribution in [-0.2, 0) is 52.2 Å². The van der Waals surface area contributed by atoms with Gasteiger partial charge in [0.15, 0.2) is 0 Å². The van der Waals surface area contributed by atoms with Gasteiger partial charge in [-0.15, -0.1) is 0 Å². The number of pyridine rings is 1. The number of hydrogen-bond donors (Lipinski definition) is 2. The Bertz CT molecular complexity index is 2480. The highest BCUT2D eigenvalue weighted by Gasteiger charge is 2.46. The lowest BCUT2D eigenvalue weighted by Crippen LogP contribution is -2.65. The normalized spacial score (nSPS) is 21.1. The highest BCUT2D eigenvalue weighted by atomic mass is 35.5. The molecule has 0 unspecified atom stereocenters. The third-order valence-electron chi connectivity index (χ3n) is 12.6. The zero-order valence-electron chi connectivity index (χ0n) is 37.4. The molecule has 2 fully saturated rings. The van der Waals surface area contributed by atoms with E-state index < -0.39 is 47.9 Å². The van der Waals surface area contributed by atoms with Crippen LogP contribution >= 0.6 is 23.2 Å². The summed E-state index contributed by atoms with van der Waals surface area (Å²) in [4.78, 5) is 74.5. The molecule has 0 radical (unpaired) electrons. The number of aliphatic hydroxyl groups excluding tert-OH is 1. The molecule has 4 amide bonds. The number of amides is 4. The van der Waals surface area contributed by atoms with Crippen LogP contribution in [0.15, 0.2) is 97.3 Å². The summed E-state index contributed by atoms with van der Waals surface area (Å²) in [5.41, 5.74) is 3.06. The molecule has 5 aromatic rings. The van der Waals surface area contributed by atoms with Crippen molar-refractivity contribution in [2.75, 3.05) is 40.8 Å². The van der Waals surface area contributed by atoms with Crippen LogP contribution in [0, 0.1) is 5.92 Å². The van der Waals surface area contributed by atoms with Crippen molar-refractivity contribution in [1.29, 1.82) is 0 Å². The topological polar surface area (TPSA) is 153 Å². The first-order valence-electron chi connectivity index (χ1n) is 21.8. The lowest BCUT2D eigenvalue weighted by Gasteiger charge is -2.50. The van der Waals surface area contributed by atoms with Gasteiger partial charge in [0, 0.05) is 73.1 Å². The fourth-order valence-electron chi connectivity index (χ4n) is 8.86. The van der Waals surface area contributed by atoms with E-state index in [1.807, 2.05) is 80.4 Å². The van der Waals surface area contributed by atoms with Crippen molar-refractivity contribution in [2.45, 2.75) is 69.7 Å². The molecule has 4 atom stereocenters. The second-order valence-corrected chi connectivity index (χ2v) is 18.3. The van der Waals surface area contributed by atoms with Gasteiger partial charge in [0.05, 0.1) is 43.0 Å². The standard InChI is InChI=1S/C49H56Cl2N8O6/c1-32-46(62)54-41(30-60)48(64)57(5)49(26-33-10-15-37(50)16-11-33)20-8-22-58(31-49)47(63)36(23-39-9-6-7-21-52-39)24-45(61)59(32)28-35-12-17-38(51)25-43(35)65-40-18-13-34(14-19-40)42-27-53-44(56(42)4)29-55(2)3/h6-7,9-19,21,25,27,32,36,41,60H,8,20,22-24,26,28-31H2,1-5H3,(H,54,62)/t32-,36+,41-,49+/m0/s1. The number of aromatic nitrogens is 3. The van der Waals surface area contributed by atoms with Gasteiger partial charge in [-0.25, -0.2) is 4.98 Å². The smallest absolute Gasteiger partial charge is 0.247 e. The molecule has 2 aromatic heterocycles. The molecule has 3 aromatic carbocycles. The van der Waals surface area contributed by atoms with Gasteiger partial charge < -0.3 is 39.3 Å². The molecule has 342 valence electrons. The molecule has 2 saturated heterocycles. The van der Waals surface area contributed by atoms with Crippen LogP contribution in [-0.4, -0.2) is 121 Å². The van der Waals surface area contributed by atoms with Gasteiger partial charge in [-0.2, -0.15) is 0 Å². The molecule has 2 aliphatic rings. The number of halogens is 2. The summed E-state index contributed by atoms with van der Waals surface area (Å²) >= 11 is 12.8. The van der Waals surface area contributed by atoms with Crippen molar-refractivity contribution in [1.82, 2.24) is 39.5 Å². The summed E-state index contributed by atoms with van der Waals surface area (Å²) < 4.78 is 8.49. The van der Waals surface area contributed by atoms with Gasteiger partial charge in [0.2, 0.25) is 23.6 Å². The molecule has 2 bridgehead atoms. The molecule has 2 aliphatic heterocycles. The van der Waals surface area contributed by atoms with E-state index in [1.54, 1.807) is 66.4 Å². The van der Waals surface area contributed by atoms with Gasteiger partial charge >= 0.3 is 0 Å². The van der Waals surface area contributed by atoms with Crippen LogP contribution < -0.4 is 10.1 Å². The molecule has 0 aliphatic carbocycles. The lowest BCUT2D eigenvalue weighted by atomic mass is 9.80. The van der Waals surface area contributed by atoms with Gasteiger partial charge in [-0.05, 0) is 107 Å². The second kappa shape index (κ2) is 20.6. The van der Waals surface area contributed by atoms with E-state index in [0.717, 1.165) is 22.6 Å². The van der Waals surface area contributed by atoms with Crippen LogP contribution in [0.2, 0.25) is 10.0 Å². The van der Waals surface area contributed by atoms with Crippen molar-refractivity contribution in [2.24, 2.45) is 13.0 Å². The monoisotopic (exact) mass is 922 g/mol. The number of likely N-dealkylation sites (N-methyl/N-ethyl adjacent to an activating group) is 1. The maximum atomic E-state index is 15.0. The Morgan fingerprint density at radius 3 is 2.35 bits per heavy atom. The minimum absolute atomic E-state index is 0.113. The Morgan fingerprint density at radius 1 is 0.923 bits per heavy atom. The fraction of sp³-hybridized carbons (Fsp3) is 0.388. The average molecular weight is 924 g/mol. The zero-order valence-corrected chi connectivity index (χ0v) is 38.9. The largest absolute Gasteiger partial charge is 0.457 e. The highest BCUT2D eigenvalue weighted by molar-refractivity contribution is 6.31. The molecular formula is C49H56Cl2N8O6. The minimum Gasteiger partial charge on any atom is -0.457 e. The number of rotatable bonds is 12. The Kier molecular flexibility index (Phi) is 14.9. The number of piperidine rings is 1. The second-order valence-electron chi connectivity index (χ2n) is 17.4. The molecule has 2 N–H and O–H groups in total. The predicted molar refractivity (Wildman–Crippen MR) is 249 cm³/mol. The third kappa shape index (κ3) is 11.0. The predicted octanol–water partition coefficient (Wildman–Crippen LogP) is 6.16. The first kappa shape index (κ1) is 47.2. The third-order valence-corrected chi connectivity index (χ3v) is 13.0. The average Bonchev–Trinajstić information content (AvgIpc) is 3.65. The number of fused-ring (bicyclic) bond motifs is 2. The highest BCUT2D eigenvalue weighted by Crippen LogP contribution is 2.35. The van der Waals surface area contributed by atoms with Crippen molar-refractivity contribution < 1.29 is 29.0 Å². The summed E-state index contributed by atoms with van der Waals surface area (Å²) in [5.74, 6) is -0.960. The van der Waals surface area contributed by atoms with Crippen molar-refractivity contribution in [3.05, 3.63) is 130 Å². The number of carbonyl (C=O) groups excluding carboxylic acids is 4. The molecule has 4 heterocycles. The Hall–Kier alpha value is -5.80. The summed E-state index contributed by atoms with van der Waals surface area (Å²) in [6.45, 7) is 2.04. The Balaban J connectivity index is 1.22. The summed E-state index contributed by atoms with van der Waals surface area (Å²) in [6, 6.07) is 22.9. The van der Waals surface area contributed by atoms with E-state index in [9.17, 15) is 24.3 Å². The van der Waals surface area contributed by atoms with E-state index in [0.29, 0.717) is 65.2 Å². The Morgan fingerprint density at radius 2 is 1.66 bits per heavy atom. The maximum absolute atomic E-state index is 15.0. The first-order valence-corrected chi connectivity index (χ1v) is 22.5. The van der Waals surface area contributed by atoms with E-state index in [-0.39, 0.29) is 31.8 Å². The molecule has 0 spiro atoms. The summed E-state index contributed by atoms with van der Waals surface area (Å²) in [5, 5.41) is 14.4. The fourth-order valence-corrected chi connectivity index (χ4v) is 9.14. The van der Waals surface area contributed by atoms with E-state index >= 15 is 0 Å². The van der Waals surface area contributed by atoms with Gasteiger partial charge in [-0.1, -0.05) is 47.5 Å². The summed E-state index contributed by atoms with van der Waals surface area (Å²) in [7, 11) is 7.63. The van der Waals surface area contributed by atoms with Crippen LogP contribution in [0.1, 0.15) is 48.8 Å². The van der Waals surface area contributed by atoms with Gasteiger partial charge in [-0.3, -0.25) is 24.2 Å². The number of imidazole rings is 1. The van der Waals surface area contributed by atoms with Crippen LogP contribution in [0.25, 0.3) is 11.3 Å². The van der Waals surface area contributed by atoms with Crippen LogP contribution in [0.3, 0.4) is 0 Å². The molecule has 7 rings (SSSR count). The number of nitrogens with one attached hydrogen (secondary N) is 1. The van der Waals surface area contributed by atoms with E-state index in [1.165, 1.54) is 4.90 Å². The number of carbonyl (C=O) groups is 4. The first-order chi connectivity index (χ1) is 31.1. The lowest BCUT2D eigenvalue weighted by molar-refractivity contribution is -0.152. The van der Waals surface area contributed by atoms with Crippen molar-refractivity contribution >= 4 is 46.8 Å². The summed E-state index contributed by atoms with van der Waals surface area (Å²) in [6.07, 6.45) is 4.94. The van der Waals surface area contributed by atoms with Crippen molar-refractivity contribution in [3.8, 4) is 22.8 Å². The van der Waals surface area contributed by atoms with Gasteiger partial charge in [0.1, 0.15) is 29.4 Å². The number of benzene rings is 3. The quantitative estimate of drug-likeness (QED) is 0.150. The van der Waals surface area contributed by atoms with Gasteiger partial charge in [0.25, 0.3) is 0 Å². The minimum atomic E-state index is -1.33. The zero-order chi connectivity index (χ0) is 46.4. The molecule has 14 nitrogen and oxygen atoms in total. The molecule has 16 heteroatoms. The van der Waals surface area contributed by atoms with Crippen molar-refractivity contribution in [3.63, 3.8) is 0 Å².